The monoisotopic (exact) mass is 358 g/mol. The second-order valence-electron chi connectivity index (χ2n) is 5.13. The summed E-state index contributed by atoms with van der Waals surface area (Å²) in [5, 5.41) is 9.40. The number of rotatable bonds is 1. The minimum Gasteiger partial charge on any atom is -0.478 e. The fourth-order valence-electron chi connectivity index (χ4n) is 2.43. The summed E-state index contributed by atoms with van der Waals surface area (Å²) in [5.74, 6) is 4.17. The smallest absolute Gasteiger partial charge is 0.337 e. The zero-order chi connectivity index (χ0) is 19.8. The second kappa shape index (κ2) is 8.70. The molecular weight excluding hydrogens is 348 g/mol. The van der Waals surface area contributed by atoms with E-state index >= 15 is 0 Å². The van der Waals surface area contributed by atoms with Crippen LogP contribution in [0.25, 0.3) is 0 Å². The normalized spacial score (nSPS) is 16.4. The van der Waals surface area contributed by atoms with Gasteiger partial charge >= 0.3 is 5.97 Å². The first-order chi connectivity index (χ1) is 13.1. The highest BCUT2D eigenvalue weighted by Crippen LogP contribution is 2.33. The van der Waals surface area contributed by atoms with Crippen LogP contribution in [-0.4, -0.2) is 34.8 Å². The summed E-state index contributed by atoms with van der Waals surface area (Å²) >= 11 is 0. The van der Waals surface area contributed by atoms with E-state index in [1.165, 1.54) is 30.0 Å². The van der Waals surface area contributed by atoms with Gasteiger partial charge in [-0.3, -0.25) is 0 Å². The van der Waals surface area contributed by atoms with Crippen LogP contribution in [0.4, 0.5) is 0 Å². The molecule has 0 aromatic heterocycles. The Hall–Kier alpha value is -4.29. The molecule has 0 spiro atoms. The van der Waals surface area contributed by atoms with Crippen LogP contribution >= 0.6 is 0 Å². The fourth-order valence-corrected chi connectivity index (χ4v) is 2.43. The lowest BCUT2D eigenvalue weighted by Crippen LogP contribution is -2.10. The van der Waals surface area contributed by atoms with E-state index in [9.17, 15) is 29.1 Å². The maximum absolute atomic E-state index is 11.6. The first-order valence-electron chi connectivity index (χ1n) is 7.48. The highest BCUT2D eigenvalue weighted by Gasteiger charge is 2.29. The lowest BCUT2D eigenvalue weighted by Gasteiger charge is -2.10. The highest BCUT2D eigenvalue weighted by molar-refractivity contribution is 6.04. The Morgan fingerprint density at radius 1 is 0.667 bits per heavy atom. The van der Waals surface area contributed by atoms with Crippen molar-refractivity contribution in [1.82, 2.24) is 0 Å². The molecule has 0 atom stereocenters. The van der Waals surface area contributed by atoms with Crippen molar-refractivity contribution in [3.05, 3.63) is 93.7 Å². The van der Waals surface area contributed by atoms with Crippen molar-refractivity contribution in [2.24, 2.45) is 0 Å². The van der Waals surface area contributed by atoms with Gasteiger partial charge in [0.1, 0.15) is 23.8 Å². The molecule has 0 bridgehead atoms. The van der Waals surface area contributed by atoms with Crippen LogP contribution in [0.3, 0.4) is 0 Å². The molecule has 0 aromatic rings. The molecule has 0 aliphatic heterocycles. The van der Waals surface area contributed by atoms with Gasteiger partial charge in [0.05, 0.1) is 27.9 Å². The molecule has 0 radical (unpaired) electrons. The van der Waals surface area contributed by atoms with Gasteiger partial charge in [-0.05, 0) is 11.6 Å². The van der Waals surface area contributed by atoms with Crippen molar-refractivity contribution < 1.29 is 29.1 Å². The van der Waals surface area contributed by atoms with E-state index in [4.69, 9.17) is 0 Å². The Morgan fingerprint density at radius 3 is 1.81 bits per heavy atom. The van der Waals surface area contributed by atoms with Crippen LogP contribution < -0.4 is 0 Å². The molecular formula is C21H10O6. The quantitative estimate of drug-likeness (QED) is 0.714. The van der Waals surface area contributed by atoms with Gasteiger partial charge in [0.25, 0.3) is 0 Å². The molecule has 2 aliphatic carbocycles. The molecule has 2 rings (SSSR count). The van der Waals surface area contributed by atoms with Crippen molar-refractivity contribution >= 4 is 29.7 Å². The standard InChI is InChI=1S/C21H10O6/c22-10-17-15-7-5-3-1-2-4-6-14(15)8-9-16(21(26)27)18(11-23)20(13-25)19(17)12-24/h1-9H,(H,26,27). The molecule has 6 nitrogen and oxygen atoms in total. The minimum absolute atomic E-state index is 0.181. The van der Waals surface area contributed by atoms with E-state index in [1.807, 2.05) is 0 Å². The molecule has 0 heterocycles. The zero-order valence-corrected chi connectivity index (χ0v) is 13.7. The third-order valence-electron chi connectivity index (χ3n) is 3.65. The van der Waals surface area contributed by atoms with Gasteiger partial charge in [0.2, 0.25) is 0 Å². The maximum atomic E-state index is 11.6. The van der Waals surface area contributed by atoms with Gasteiger partial charge in [-0.1, -0.05) is 48.6 Å². The first-order valence-corrected chi connectivity index (χ1v) is 7.48. The molecule has 0 saturated heterocycles. The zero-order valence-electron chi connectivity index (χ0n) is 13.7. The third-order valence-corrected chi connectivity index (χ3v) is 3.65. The van der Waals surface area contributed by atoms with Crippen molar-refractivity contribution in [3.8, 4) is 0 Å². The largest absolute Gasteiger partial charge is 0.478 e. The van der Waals surface area contributed by atoms with Crippen LogP contribution in [-0.2, 0) is 24.0 Å². The predicted octanol–water partition coefficient (Wildman–Crippen LogP) is 1.58. The van der Waals surface area contributed by atoms with E-state index in [1.54, 1.807) is 42.4 Å². The van der Waals surface area contributed by atoms with Crippen LogP contribution in [0.1, 0.15) is 0 Å². The lowest BCUT2D eigenvalue weighted by atomic mass is 9.87. The molecule has 6 heteroatoms. The van der Waals surface area contributed by atoms with Crippen LogP contribution in [0, 0.1) is 0 Å². The van der Waals surface area contributed by atoms with Gasteiger partial charge in [0, 0.05) is 5.57 Å². The Labute approximate surface area is 153 Å². The summed E-state index contributed by atoms with van der Waals surface area (Å²) in [5.41, 5.74) is -2.50. The summed E-state index contributed by atoms with van der Waals surface area (Å²) in [4.78, 5) is 57.5. The van der Waals surface area contributed by atoms with Crippen LogP contribution in [0.15, 0.2) is 93.7 Å². The van der Waals surface area contributed by atoms with Gasteiger partial charge in [-0.25, -0.2) is 24.0 Å². The molecule has 0 fully saturated rings. The number of allylic oxidation sites excluding steroid dienone is 14. The summed E-state index contributed by atoms with van der Waals surface area (Å²) in [6.45, 7) is 0. The minimum atomic E-state index is -1.53. The van der Waals surface area contributed by atoms with Gasteiger partial charge < -0.3 is 5.11 Å². The van der Waals surface area contributed by atoms with E-state index in [0.29, 0.717) is 5.57 Å². The number of hydrogen-bond donors (Lipinski definition) is 1. The number of carboxylic acid groups (broad SMARTS) is 1. The summed E-state index contributed by atoms with van der Waals surface area (Å²) in [6.07, 6.45) is 13.7. The SMILES string of the molecule is O=C=C1C(=C=O)C(=C=O)C2=CC=CC=CC=CC2=CC=C(C(=O)O)C1=C=O. The highest BCUT2D eigenvalue weighted by atomic mass is 16.4. The van der Waals surface area contributed by atoms with Crippen LogP contribution in [0.2, 0.25) is 0 Å². The molecule has 130 valence electrons. The van der Waals surface area contributed by atoms with Gasteiger partial charge in [-0.2, -0.15) is 0 Å². The topological polar surface area (TPSA) is 106 Å². The number of carbonyl (C=O) groups is 1. The average Bonchev–Trinajstić information content (AvgIpc) is 2.80. The van der Waals surface area contributed by atoms with E-state index in [2.05, 4.69) is 0 Å². The third kappa shape index (κ3) is 3.87. The van der Waals surface area contributed by atoms with Gasteiger partial charge in [-0.15, -0.1) is 0 Å². The molecule has 0 amide bonds. The first kappa shape index (κ1) is 19.0. The molecule has 0 unspecified atom stereocenters. The summed E-state index contributed by atoms with van der Waals surface area (Å²) in [6, 6.07) is 0. The summed E-state index contributed by atoms with van der Waals surface area (Å²) < 4.78 is 0. The molecule has 0 saturated carbocycles. The Morgan fingerprint density at radius 2 is 1.22 bits per heavy atom. The van der Waals surface area contributed by atoms with Crippen molar-refractivity contribution in [2.75, 3.05) is 0 Å². The molecule has 27 heavy (non-hydrogen) atoms. The summed E-state index contributed by atoms with van der Waals surface area (Å²) in [7, 11) is 0. The second-order valence-corrected chi connectivity index (χ2v) is 5.13. The number of hydrogen-bond acceptors (Lipinski definition) is 5. The number of aliphatic carboxylic acids is 1. The predicted molar refractivity (Wildman–Crippen MR) is 96.1 cm³/mol. The Kier molecular flexibility index (Phi) is 6.14. The van der Waals surface area contributed by atoms with Crippen LogP contribution in [0.5, 0.6) is 0 Å². The van der Waals surface area contributed by atoms with Gasteiger partial charge in [0.15, 0.2) is 0 Å². The lowest BCUT2D eigenvalue weighted by molar-refractivity contribution is -0.132. The van der Waals surface area contributed by atoms with Crippen molar-refractivity contribution in [3.63, 3.8) is 0 Å². The molecule has 2 aliphatic rings. The Bertz CT molecular complexity index is 1090. The van der Waals surface area contributed by atoms with E-state index in [-0.39, 0.29) is 11.1 Å². The van der Waals surface area contributed by atoms with Crippen molar-refractivity contribution in [2.45, 2.75) is 0 Å². The van der Waals surface area contributed by atoms with E-state index < -0.39 is 28.3 Å². The maximum Gasteiger partial charge on any atom is 0.337 e. The Balaban J connectivity index is 3.02. The fraction of sp³-hybridized carbons (Fsp3) is 0. The average molecular weight is 358 g/mol. The van der Waals surface area contributed by atoms with Crippen molar-refractivity contribution in [1.29, 1.82) is 0 Å². The van der Waals surface area contributed by atoms with E-state index in [0.717, 1.165) is 6.08 Å². The number of carbonyl (C=O) groups excluding carboxylic acids is 4. The molecule has 1 N–H and O–H groups in total. The molecule has 0 aromatic carbocycles. The number of fused-ring (bicyclic) bond motifs is 1. The number of carboxylic acids is 1.